The van der Waals surface area contributed by atoms with Gasteiger partial charge in [0.25, 0.3) is 0 Å². The van der Waals surface area contributed by atoms with Gasteiger partial charge in [-0.3, -0.25) is 0 Å². The number of fused-ring (bicyclic) bond motifs is 1. The van der Waals surface area contributed by atoms with Gasteiger partial charge in [-0.05, 0) is 58.2 Å². The largest absolute Gasteiger partial charge is 0.394 e. The first-order chi connectivity index (χ1) is 9.58. The highest BCUT2D eigenvalue weighted by atomic mass is 16.3. The van der Waals surface area contributed by atoms with Gasteiger partial charge in [-0.2, -0.15) is 0 Å². The van der Waals surface area contributed by atoms with Crippen molar-refractivity contribution in [3.8, 4) is 0 Å². The summed E-state index contributed by atoms with van der Waals surface area (Å²) in [6.45, 7) is 6.68. The Morgan fingerprint density at radius 2 is 2.20 bits per heavy atom. The third-order valence-electron chi connectivity index (χ3n) is 4.56. The number of benzene rings is 1. The summed E-state index contributed by atoms with van der Waals surface area (Å²) in [6, 6.07) is 6.81. The second-order valence-electron chi connectivity index (χ2n) is 6.30. The molecule has 2 N–H and O–H groups in total. The molecule has 1 aliphatic rings. The normalized spacial score (nSPS) is 17.7. The van der Waals surface area contributed by atoms with E-state index in [4.69, 9.17) is 0 Å². The van der Waals surface area contributed by atoms with Crippen molar-refractivity contribution < 1.29 is 5.11 Å². The molecule has 2 rings (SSSR count). The molecule has 3 nitrogen and oxygen atoms in total. The van der Waals surface area contributed by atoms with Gasteiger partial charge < -0.3 is 15.3 Å². The van der Waals surface area contributed by atoms with Crippen LogP contribution < -0.4 is 10.2 Å². The zero-order valence-electron chi connectivity index (χ0n) is 13.1. The van der Waals surface area contributed by atoms with Crippen LogP contribution in [0, 0.1) is 6.92 Å². The first-order valence-corrected chi connectivity index (χ1v) is 7.72. The number of aryl methyl sites for hydroxylation is 2. The van der Waals surface area contributed by atoms with E-state index in [-0.39, 0.29) is 12.1 Å². The Morgan fingerprint density at radius 3 is 2.90 bits per heavy atom. The first kappa shape index (κ1) is 15.3. The second-order valence-corrected chi connectivity index (χ2v) is 6.30. The Bertz CT molecular complexity index is 441. The summed E-state index contributed by atoms with van der Waals surface area (Å²) < 4.78 is 0. The third kappa shape index (κ3) is 3.53. The highest BCUT2D eigenvalue weighted by Crippen LogP contribution is 2.28. The zero-order valence-corrected chi connectivity index (χ0v) is 13.1. The summed E-state index contributed by atoms with van der Waals surface area (Å²) in [7, 11) is 1.93. The number of hydrogen-bond donors (Lipinski definition) is 2. The molecule has 0 saturated carbocycles. The van der Waals surface area contributed by atoms with Crippen molar-refractivity contribution >= 4 is 5.69 Å². The molecule has 0 amide bonds. The van der Waals surface area contributed by atoms with Crippen molar-refractivity contribution in [3.63, 3.8) is 0 Å². The fraction of sp³-hybridized carbons (Fsp3) is 0.647. The van der Waals surface area contributed by atoms with Crippen molar-refractivity contribution in [3.05, 3.63) is 29.3 Å². The van der Waals surface area contributed by atoms with E-state index in [9.17, 15) is 5.11 Å². The van der Waals surface area contributed by atoms with Crippen LogP contribution in [0.5, 0.6) is 0 Å². The number of likely N-dealkylation sites (N-methyl/N-ethyl adjacent to an activating group) is 1. The van der Waals surface area contributed by atoms with Crippen molar-refractivity contribution in [1.82, 2.24) is 5.32 Å². The van der Waals surface area contributed by atoms with Crippen LogP contribution in [-0.4, -0.2) is 37.4 Å². The van der Waals surface area contributed by atoms with Crippen LogP contribution in [0.4, 0.5) is 5.69 Å². The minimum Gasteiger partial charge on any atom is -0.394 e. The van der Waals surface area contributed by atoms with Gasteiger partial charge >= 0.3 is 0 Å². The van der Waals surface area contributed by atoms with Crippen LogP contribution in [0.2, 0.25) is 0 Å². The Morgan fingerprint density at radius 1 is 1.40 bits per heavy atom. The smallest absolute Gasteiger partial charge is 0.0610 e. The minimum atomic E-state index is -0.147. The van der Waals surface area contributed by atoms with E-state index in [2.05, 4.69) is 42.3 Å². The fourth-order valence-electron chi connectivity index (χ4n) is 2.98. The van der Waals surface area contributed by atoms with Gasteiger partial charge in [0, 0.05) is 24.3 Å². The second kappa shape index (κ2) is 6.59. The molecule has 0 aliphatic carbocycles. The molecule has 0 spiro atoms. The van der Waals surface area contributed by atoms with E-state index in [1.807, 2.05) is 7.05 Å². The quantitative estimate of drug-likeness (QED) is 0.838. The number of nitrogens with one attached hydrogen (secondary N) is 1. The molecular weight excluding hydrogens is 248 g/mol. The van der Waals surface area contributed by atoms with E-state index in [0.717, 1.165) is 25.9 Å². The van der Waals surface area contributed by atoms with Gasteiger partial charge in [0.2, 0.25) is 0 Å². The van der Waals surface area contributed by atoms with Gasteiger partial charge in [-0.1, -0.05) is 17.7 Å². The third-order valence-corrected chi connectivity index (χ3v) is 4.56. The molecule has 1 aliphatic heterocycles. The van der Waals surface area contributed by atoms with Gasteiger partial charge in [-0.25, -0.2) is 0 Å². The number of aliphatic hydroxyl groups excluding tert-OH is 1. The van der Waals surface area contributed by atoms with Crippen molar-refractivity contribution in [1.29, 1.82) is 0 Å². The fourth-order valence-corrected chi connectivity index (χ4v) is 2.98. The predicted molar refractivity (Wildman–Crippen MR) is 85.5 cm³/mol. The predicted octanol–water partition coefficient (Wildman–Crippen LogP) is 2.50. The van der Waals surface area contributed by atoms with Crippen molar-refractivity contribution in [2.24, 2.45) is 0 Å². The Hall–Kier alpha value is -1.06. The van der Waals surface area contributed by atoms with Crippen LogP contribution in [0.1, 0.15) is 37.3 Å². The monoisotopic (exact) mass is 276 g/mol. The van der Waals surface area contributed by atoms with Crippen LogP contribution in [-0.2, 0) is 6.42 Å². The van der Waals surface area contributed by atoms with Gasteiger partial charge in [-0.15, -0.1) is 0 Å². The zero-order chi connectivity index (χ0) is 14.6. The number of hydrogen-bond acceptors (Lipinski definition) is 3. The Labute approximate surface area is 123 Å². The molecule has 1 aromatic rings. The van der Waals surface area contributed by atoms with Gasteiger partial charge in [0.15, 0.2) is 0 Å². The molecule has 0 aromatic heterocycles. The topological polar surface area (TPSA) is 35.5 Å². The summed E-state index contributed by atoms with van der Waals surface area (Å²) in [6.07, 6.45) is 4.56. The van der Waals surface area contributed by atoms with Crippen LogP contribution in [0.15, 0.2) is 18.2 Å². The molecule has 1 aromatic carbocycles. The van der Waals surface area contributed by atoms with Crippen molar-refractivity contribution in [2.45, 2.75) is 45.1 Å². The molecule has 20 heavy (non-hydrogen) atoms. The number of nitrogens with zero attached hydrogens (tertiary/aromatic N) is 1. The average molecular weight is 276 g/mol. The Kier molecular flexibility index (Phi) is 5.06. The molecule has 0 fully saturated rings. The molecule has 1 unspecified atom stereocenters. The van der Waals surface area contributed by atoms with Crippen molar-refractivity contribution in [2.75, 3.05) is 31.6 Å². The standard InChI is InChI=1S/C17H28N2O/c1-14-7-8-16-15(12-14)6-4-10-19(16)11-5-9-17(2,13-20)18-3/h7-8,12,18,20H,4-6,9-11,13H2,1-3H3. The lowest BCUT2D eigenvalue weighted by molar-refractivity contribution is 0.172. The molecule has 0 bridgehead atoms. The maximum Gasteiger partial charge on any atom is 0.0610 e. The SMILES string of the molecule is CNC(C)(CO)CCCN1CCCc2cc(C)ccc21. The van der Waals surface area contributed by atoms with E-state index in [1.165, 1.54) is 29.7 Å². The maximum atomic E-state index is 9.43. The van der Waals surface area contributed by atoms with E-state index in [0.29, 0.717) is 0 Å². The van der Waals surface area contributed by atoms with E-state index >= 15 is 0 Å². The summed E-state index contributed by atoms with van der Waals surface area (Å²) in [4.78, 5) is 2.51. The molecule has 3 heteroatoms. The summed E-state index contributed by atoms with van der Waals surface area (Å²) in [5.41, 5.74) is 4.12. The molecular formula is C17H28N2O. The molecule has 0 saturated heterocycles. The molecule has 112 valence electrons. The van der Waals surface area contributed by atoms with Crippen LogP contribution in [0.3, 0.4) is 0 Å². The van der Waals surface area contributed by atoms with E-state index < -0.39 is 0 Å². The lowest BCUT2D eigenvalue weighted by Gasteiger charge is -2.33. The lowest BCUT2D eigenvalue weighted by atomic mass is 9.95. The number of anilines is 1. The van der Waals surface area contributed by atoms with Crippen LogP contribution in [0.25, 0.3) is 0 Å². The summed E-state index contributed by atoms with van der Waals surface area (Å²) in [5.74, 6) is 0. The van der Waals surface area contributed by atoms with Crippen LogP contribution >= 0.6 is 0 Å². The number of aliphatic hydroxyl groups is 1. The van der Waals surface area contributed by atoms with E-state index in [1.54, 1.807) is 0 Å². The van der Waals surface area contributed by atoms with Gasteiger partial charge in [0.1, 0.15) is 0 Å². The lowest BCUT2D eigenvalue weighted by Crippen LogP contribution is -2.44. The maximum absolute atomic E-state index is 9.43. The number of rotatable bonds is 6. The first-order valence-electron chi connectivity index (χ1n) is 7.72. The average Bonchev–Trinajstić information content (AvgIpc) is 2.47. The Balaban J connectivity index is 1.95. The summed E-state index contributed by atoms with van der Waals surface area (Å²) in [5, 5.41) is 12.7. The summed E-state index contributed by atoms with van der Waals surface area (Å²) >= 11 is 0. The highest BCUT2D eigenvalue weighted by molar-refractivity contribution is 5.56. The van der Waals surface area contributed by atoms with Gasteiger partial charge in [0.05, 0.1) is 6.61 Å². The minimum absolute atomic E-state index is 0.147. The molecule has 0 radical (unpaired) electrons. The highest BCUT2D eigenvalue weighted by Gasteiger charge is 2.22. The molecule has 1 heterocycles. The molecule has 1 atom stereocenters.